The first-order valence-corrected chi connectivity index (χ1v) is 10.7. The summed E-state index contributed by atoms with van der Waals surface area (Å²) in [4.78, 5) is 3.05. The van der Waals surface area contributed by atoms with Gasteiger partial charge in [0, 0.05) is 5.56 Å². The van der Waals surface area contributed by atoms with Crippen LogP contribution >= 0.6 is 0 Å². The maximum atomic E-state index is 5.92. The van der Waals surface area contributed by atoms with E-state index in [1.54, 1.807) is 19.1 Å². The zero-order valence-electron chi connectivity index (χ0n) is 19.0. The van der Waals surface area contributed by atoms with Crippen LogP contribution in [0.15, 0.2) is 27.0 Å². The predicted molar refractivity (Wildman–Crippen MR) is 115 cm³/mol. The molecule has 0 atom stereocenters. The number of piperazine rings is 1. The SMILES string of the molecule is COc1cc(C)c(C[NH+]2CC[NH+](Cc3nnc(-c4cc(C)oc4C)o3)CC2)cc1OC. The number of benzene rings is 1. The summed E-state index contributed by atoms with van der Waals surface area (Å²) in [6.45, 7) is 12.1. The molecule has 0 radical (unpaired) electrons. The summed E-state index contributed by atoms with van der Waals surface area (Å²) in [6.07, 6.45) is 0. The summed E-state index contributed by atoms with van der Waals surface area (Å²) < 4.78 is 22.4. The highest BCUT2D eigenvalue weighted by Gasteiger charge is 2.26. The van der Waals surface area contributed by atoms with Gasteiger partial charge < -0.3 is 28.1 Å². The van der Waals surface area contributed by atoms with Crippen molar-refractivity contribution in [2.24, 2.45) is 0 Å². The molecule has 1 saturated heterocycles. The Kier molecular flexibility index (Phi) is 6.29. The average molecular weight is 429 g/mol. The van der Waals surface area contributed by atoms with E-state index < -0.39 is 0 Å². The topological polar surface area (TPSA) is 79.4 Å². The molecule has 0 saturated carbocycles. The molecular formula is C23H32N4O4+2. The monoisotopic (exact) mass is 428 g/mol. The number of hydrogen-bond acceptors (Lipinski definition) is 6. The molecular weight excluding hydrogens is 396 g/mol. The van der Waals surface area contributed by atoms with Crippen LogP contribution in [0.1, 0.15) is 28.5 Å². The lowest BCUT2D eigenvalue weighted by Crippen LogP contribution is -3.27. The molecule has 1 aliphatic rings. The van der Waals surface area contributed by atoms with Gasteiger partial charge in [-0.1, -0.05) is 0 Å². The summed E-state index contributed by atoms with van der Waals surface area (Å²) in [6, 6.07) is 6.11. The molecule has 0 aliphatic carbocycles. The fraction of sp³-hybridized carbons (Fsp3) is 0.478. The Hall–Kier alpha value is -2.84. The molecule has 0 amide bonds. The molecule has 2 N–H and O–H groups in total. The van der Waals surface area contributed by atoms with E-state index in [9.17, 15) is 0 Å². The first kappa shape index (κ1) is 21.4. The fourth-order valence-corrected chi connectivity index (χ4v) is 4.28. The smallest absolute Gasteiger partial charge is 0.271 e. The van der Waals surface area contributed by atoms with Crippen molar-refractivity contribution in [2.75, 3.05) is 40.4 Å². The fourth-order valence-electron chi connectivity index (χ4n) is 4.28. The molecule has 4 rings (SSSR count). The Morgan fingerprint density at radius 1 is 0.839 bits per heavy atom. The predicted octanol–water partition coefficient (Wildman–Crippen LogP) is 0.756. The maximum absolute atomic E-state index is 5.92. The quantitative estimate of drug-likeness (QED) is 0.578. The normalized spacial score (nSPS) is 18.9. The second-order valence-electron chi connectivity index (χ2n) is 8.32. The van der Waals surface area contributed by atoms with Crippen molar-refractivity contribution >= 4 is 0 Å². The van der Waals surface area contributed by atoms with E-state index >= 15 is 0 Å². The third-order valence-electron chi connectivity index (χ3n) is 6.09. The molecule has 8 heteroatoms. The van der Waals surface area contributed by atoms with Gasteiger partial charge in [-0.2, -0.15) is 0 Å². The van der Waals surface area contributed by atoms with Crippen molar-refractivity contribution in [3.63, 3.8) is 0 Å². The highest BCUT2D eigenvalue weighted by Crippen LogP contribution is 2.30. The molecule has 0 spiro atoms. The van der Waals surface area contributed by atoms with Gasteiger partial charge in [0.05, 0.1) is 19.8 Å². The van der Waals surface area contributed by atoms with Crippen LogP contribution in [0.4, 0.5) is 0 Å². The highest BCUT2D eigenvalue weighted by atomic mass is 16.5. The zero-order chi connectivity index (χ0) is 22.0. The number of quaternary nitrogens is 2. The van der Waals surface area contributed by atoms with Gasteiger partial charge in [-0.15, -0.1) is 10.2 Å². The summed E-state index contributed by atoms with van der Waals surface area (Å²) >= 11 is 0. The maximum Gasteiger partial charge on any atom is 0.271 e. The van der Waals surface area contributed by atoms with Crippen LogP contribution in [0, 0.1) is 20.8 Å². The van der Waals surface area contributed by atoms with E-state index in [0.717, 1.165) is 67.9 Å². The first-order valence-electron chi connectivity index (χ1n) is 10.7. The van der Waals surface area contributed by atoms with Gasteiger partial charge in [-0.25, -0.2) is 0 Å². The summed E-state index contributed by atoms with van der Waals surface area (Å²) in [5.74, 6) is 4.46. The summed E-state index contributed by atoms with van der Waals surface area (Å²) in [5, 5.41) is 8.48. The minimum atomic E-state index is 0.539. The van der Waals surface area contributed by atoms with Crippen LogP contribution in [0.3, 0.4) is 0 Å². The molecule has 0 bridgehead atoms. The Morgan fingerprint density at radius 2 is 1.48 bits per heavy atom. The van der Waals surface area contributed by atoms with Gasteiger partial charge in [0.15, 0.2) is 18.0 Å². The number of nitrogens with one attached hydrogen (secondary N) is 2. The van der Waals surface area contributed by atoms with Crippen molar-refractivity contribution in [1.82, 2.24) is 10.2 Å². The van der Waals surface area contributed by atoms with Crippen LogP contribution < -0.4 is 19.3 Å². The largest absolute Gasteiger partial charge is 0.493 e. The number of methoxy groups -OCH3 is 2. The standard InChI is InChI=1S/C23H30N4O4/c1-15-10-20(28-4)21(29-5)12-18(15)13-26-6-8-27(9-7-26)14-22-24-25-23(31-22)19-11-16(2)30-17(19)3/h10-12H,6-9,13-14H2,1-5H3/p+2. The molecule has 1 aliphatic heterocycles. The van der Waals surface area contributed by atoms with Gasteiger partial charge in [0.25, 0.3) is 11.8 Å². The summed E-state index contributed by atoms with van der Waals surface area (Å²) in [7, 11) is 3.36. The average Bonchev–Trinajstić information content (AvgIpc) is 3.35. The van der Waals surface area contributed by atoms with Crippen LogP contribution in [0.25, 0.3) is 11.5 Å². The molecule has 3 aromatic rings. The van der Waals surface area contributed by atoms with Crippen LogP contribution in [-0.4, -0.2) is 50.6 Å². The molecule has 3 heterocycles. The Morgan fingerprint density at radius 3 is 2.10 bits per heavy atom. The third kappa shape index (κ3) is 4.75. The van der Waals surface area contributed by atoms with E-state index in [2.05, 4.69) is 29.3 Å². The number of nitrogens with zero attached hydrogens (tertiary/aromatic N) is 2. The van der Waals surface area contributed by atoms with Crippen LogP contribution in [-0.2, 0) is 13.1 Å². The van der Waals surface area contributed by atoms with Gasteiger partial charge in [-0.05, 0) is 44.5 Å². The van der Waals surface area contributed by atoms with Crippen LogP contribution in [0.5, 0.6) is 11.5 Å². The summed E-state index contributed by atoms with van der Waals surface area (Å²) in [5.41, 5.74) is 3.43. The van der Waals surface area contributed by atoms with E-state index in [-0.39, 0.29) is 0 Å². The second-order valence-corrected chi connectivity index (χ2v) is 8.32. The van der Waals surface area contributed by atoms with Crippen molar-refractivity contribution in [1.29, 1.82) is 0 Å². The minimum absolute atomic E-state index is 0.539. The number of aromatic nitrogens is 2. The lowest BCUT2D eigenvalue weighted by Gasteiger charge is -2.29. The molecule has 2 aromatic heterocycles. The van der Waals surface area contributed by atoms with E-state index in [1.807, 2.05) is 19.9 Å². The van der Waals surface area contributed by atoms with Crippen molar-refractivity contribution in [3.05, 3.63) is 46.7 Å². The van der Waals surface area contributed by atoms with Crippen molar-refractivity contribution in [3.8, 4) is 23.0 Å². The molecule has 31 heavy (non-hydrogen) atoms. The van der Waals surface area contributed by atoms with Crippen molar-refractivity contribution < 1.29 is 28.1 Å². The van der Waals surface area contributed by atoms with Crippen LogP contribution in [0.2, 0.25) is 0 Å². The second kappa shape index (κ2) is 9.11. The molecule has 1 aromatic carbocycles. The molecule has 0 unspecified atom stereocenters. The number of furan rings is 1. The third-order valence-corrected chi connectivity index (χ3v) is 6.09. The van der Waals surface area contributed by atoms with Crippen molar-refractivity contribution in [2.45, 2.75) is 33.9 Å². The molecule has 166 valence electrons. The highest BCUT2D eigenvalue weighted by molar-refractivity contribution is 5.55. The van der Waals surface area contributed by atoms with Gasteiger partial charge in [-0.3, -0.25) is 0 Å². The lowest BCUT2D eigenvalue weighted by molar-refractivity contribution is -1.02. The minimum Gasteiger partial charge on any atom is -0.493 e. The van der Waals surface area contributed by atoms with E-state index in [1.165, 1.54) is 16.0 Å². The van der Waals surface area contributed by atoms with Gasteiger partial charge >= 0.3 is 0 Å². The van der Waals surface area contributed by atoms with E-state index in [4.69, 9.17) is 18.3 Å². The number of aryl methyl sites for hydroxylation is 3. The Labute approximate surface area is 182 Å². The Bertz CT molecular complexity index is 1030. The lowest BCUT2D eigenvalue weighted by atomic mass is 10.1. The molecule has 8 nitrogen and oxygen atoms in total. The number of ether oxygens (including phenoxy) is 2. The zero-order valence-corrected chi connectivity index (χ0v) is 19.0. The van der Waals surface area contributed by atoms with Gasteiger partial charge in [0.1, 0.15) is 44.2 Å². The first-order chi connectivity index (χ1) is 15.0. The Balaban J connectivity index is 1.33. The number of hydrogen-bond donors (Lipinski definition) is 2. The number of rotatable bonds is 7. The molecule has 1 fully saturated rings. The van der Waals surface area contributed by atoms with E-state index in [0.29, 0.717) is 11.8 Å². The van der Waals surface area contributed by atoms with Gasteiger partial charge in [0.2, 0.25) is 0 Å².